The van der Waals surface area contributed by atoms with E-state index in [1.54, 1.807) is 0 Å². The van der Waals surface area contributed by atoms with E-state index in [2.05, 4.69) is 17.1 Å². The summed E-state index contributed by atoms with van der Waals surface area (Å²) in [4.78, 5) is 4.56. The van der Waals surface area contributed by atoms with Crippen LogP contribution in [-0.4, -0.2) is 10.7 Å². The van der Waals surface area contributed by atoms with Crippen LogP contribution in [0.4, 0.5) is 0 Å². The van der Waals surface area contributed by atoms with Crippen LogP contribution in [0.2, 0.25) is 0 Å². The number of nitrogens with zero attached hydrogens (tertiary/aromatic N) is 1. The lowest BCUT2D eigenvalue weighted by Crippen LogP contribution is -2.55. The van der Waals surface area contributed by atoms with E-state index in [0.717, 1.165) is 23.7 Å². The quantitative estimate of drug-likeness (QED) is 0.474. The zero-order chi connectivity index (χ0) is 9.76. The van der Waals surface area contributed by atoms with Crippen LogP contribution in [0.15, 0.2) is 4.99 Å². The number of aliphatic imine (C=N–C) groups is 1. The van der Waals surface area contributed by atoms with Crippen molar-refractivity contribution in [1.29, 1.82) is 0 Å². The fourth-order valence-electron chi connectivity index (χ4n) is 4.54. The molecule has 76 valence electrons. The molecule has 4 rings (SSSR count). The molecule has 0 aromatic rings. The molecule has 14 heavy (non-hydrogen) atoms. The Morgan fingerprint density at radius 2 is 1.86 bits per heavy atom. The van der Waals surface area contributed by atoms with E-state index in [1.165, 1.54) is 32.1 Å². The molecule has 0 aromatic heterocycles. The van der Waals surface area contributed by atoms with E-state index in [9.17, 15) is 0 Å². The molecule has 0 spiro atoms. The Hall–Kier alpha value is -0.200. The van der Waals surface area contributed by atoms with Gasteiger partial charge in [-0.2, -0.15) is 0 Å². The van der Waals surface area contributed by atoms with Crippen molar-refractivity contribution in [3.05, 3.63) is 0 Å². The predicted molar refractivity (Wildman–Crippen MR) is 60.5 cm³/mol. The fraction of sp³-hybridized carbons (Fsp3) is 0.917. The SMILES string of the molecule is CC1C2CC3CC(C2)CC1(N=C=S)C3. The van der Waals surface area contributed by atoms with Gasteiger partial charge in [-0.15, -0.1) is 0 Å². The molecular weight excluding hydrogens is 190 g/mol. The molecule has 4 aliphatic rings. The maximum absolute atomic E-state index is 4.82. The second-order valence-corrected chi connectivity index (χ2v) is 5.89. The van der Waals surface area contributed by atoms with Crippen molar-refractivity contribution in [3.8, 4) is 0 Å². The Bertz CT molecular complexity index is 291. The van der Waals surface area contributed by atoms with Gasteiger partial charge in [0.15, 0.2) is 0 Å². The van der Waals surface area contributed by atoms with Crippen LogP contribution in [-0.2, 0) is 0 Å². The minimum Gasteiger partial charge on any atom is -0.225 e. The first-order chi connectivity index (χ1) is 6.73. The van der Waals surface area contributed by atoms with E-state index in [-0.39, 0.29) is 5.54 Å². The van der Waals surface area contributed by atoms with Gasteiger partial charge in [-0.25, -0.2) is 4.99 Å². The average Bonchev–Trinajstić information content (AvgIpc) is 2.13. The topological polar surface area (TPSA) is 12.4 Å². The van der Waals surface area contributed by atoms with Gasteiger partial charge in [-0.1, -0.05) is 6.92 Å². The highest BCUT2D eigenvalue weighted by molar-refractivity contribution is 7.78. The third kappa shape index (κ3) is 1.07. The van der Waals surface area contributed by atoms with E-state index in [4.69, 9.17) is 12.2 Å². The van der Waals surface area contributed by atoms with Crippen molar-refractivity contribution in [2.45, 2.75) is 44.6 Å². The largest absolute Gasteiger partial charge is 0.225 e. The van der Waals surface area contributed by atoms with E-state index < -0.39 is 0 Å². The second kappa shape index (κ2) is 2.90. The highest BCUT2D eigenvalue weighted by Gasteiger charge is 2.55. The first kappa shape index (κ1) is 9.06. The molecule has 4 bridgehead atoms. The Labute approximate surface area is 91.0 Å². The standard InChI is InChI=1S/C12H17NS/c1-8-11-3-9-2-10(4-11)6-12(8,5-9)13-7-14/h8-11H,2-6H2,1H3. The lowest BCUT2D eigenvalue weighted by atomic mass is 9.49. The summed E-state index contributed by atoms with van der Waals surface area (Å²) < 4.78 is 0. The lowest BCUT2D eigenvalue weighted by molar-refractivity contribution is -0.0456. The normalized spacial score (nSPS) is 54.4. The molecule has 2 heteroatoms. The Balaban J connectivity index is 2.01. The molecule has 0 saturated heterocycles. The van der Waals surface area contributed by atoms with Gasteiger partial charge in [-0.05, 0) is 68.0 Å². The van der Waals surface area contributed by atoms with Crippen LogP contribution in [0.1, 0.15) is 39.0 Å². The lowest BCUT2D eigenvalue weighted by Gasteiger charge is -2.58. The van der Waals surface area contributed by atoms with Gasteiger partial charge >= 0.3 is 0 Å². The molecule has 0 heterocycles. The molecule has 3 unspecified atom stereocenters. The van der Waals surface area contributed by atoms with Crippen molar-refractivity contribution in [2.75, 3.05) is 0 Å². The minimum atomic E-state index is 0.219. The van der Waals surface area contributed by atoms with Gasteiger partial charge < -0.3 is 0 Å². The number of hydrogen-bond acceptors (Lipinski definition) is 2. The molecule has 1 nitrogen and oxygen atoms in total. The zero-order valence-electron chi connectivity index (χ0n) is 8.70. The third-order valence-corrected chi connectivity index (χ3v) is 5.14. The summed E-state index contributed by atoms with van der Waals surface area (Å²) in [6.07, 6.45) is 6.99. The van der Waals surface area contributed by atoms with E-state index in [0.29, 0.717) is 0 Å². The second-order valence-electron chi connectivity index (χ2n) is 5.70. The van der Waals surface area contributed by atoms with Crippen LogP contribution >= 0.6 is 12.2 Å². The molecule has 0 amide bonds. The summed E-state index contributed by atoms with van der Waals surface area (Å²) in [7, 11) is 0. The molecule has 4 fully saturated rings. The summed E-state index contributed by atoms with van der Waals surface area (Å²) in [5.74, 6) is 3.60. The van der Waals surface area contributed by atoms with Gasteiger partial charge in [-0.3, -0.25) is 0 Å². The number of thiocarbonyl (C=S) groups is 1. The molecule has 4 aliphatic carbocycles. The molecule has 3 atom stereocenters. The van der Waals surface area contributed by atoms with E-state index in [1.807, 2.05) is 0 Å². The highest BCUT2D eigenvalue weighted by atomic mass is 32.1. The van der Waals surface area contributed by atoms with Crippen LogP contribution < -0.4 is 0 Å². The Morgan fingerprint density at radius 3 is 2.43 bits per heavy atom. The maximum atomic E-state index is 4.82. The minimum absolute atomic E-state index is 0.219. The molecule has 0 radical (unpaired) electrons. The van der Waals surface area contributed by atoms with Crippen molar-refractivity contribution in [3.63, 3.8) is 0 Å². The van der Waals surface area contributed by atoms with Gasteiger partial charge in [0.1, 0.15) is 0 Å². The first-order valence-corrected chi connectivity index (χ1v) is 6.23. The monoisotopic (exact) mass is 207 g/mol. The fourth-order valence-corrected chi connectivity index (χ4v) is 4.72. The smallest absolute Gasteiger partial charge is 0.0744 e. The van der Waals surface area contributed by atoms with Gasteiger partial charge in [0, 0.05) is 0 Å². The summed E-state index contributed by atoms with van der Waals surface area (Å²) in [5, 5.41) is 2.66. The van der Waals surface area contributed by atoms with Crippen LogP contribution in [0.3, 0.4) is 0 Å². The van der Waals surface area contributed by atoms with Crippen LogP contribution in [0.5, 0.6) is 0 Å². The molecule has 0 aliphatic heterocycles. The number of isothiocyanates is 1. The summed E-state index contributed by atoms with van der Waals surface area (Å²) in [6, 6.07) is 0. The van der Waals surface area contributed by atoms with Gasteiger partial charge in [0.2, 0.25) is 0 Å². The zero-order valence-corrected chi connectivity index (χ0v) is 9.52. The van der Waals surface area contributed by atoms with Crippen molar-refractivity contribution >= 4 is 17.4 Å². The Morgan fingerprint density at radius 1 is 1.21 bits per heavy atom. The van der Waals surface area contributed by atoms with Gasteiger partial charge in [0.05, 0.1) is 10.7 Å². The molecule has 4 saturated carbocycles. The number of rotatable bonds is 1. The Kier molecular flexibility index (Phi) is 1.87. The van der Waals surface area contributed by atoms with Crippen molar-refractivity contribution < 1.29 is 0 Å². The van der Waals surface area contributed by atoms with Crippen LogP contribution in [0.25, 0.3) is 0 Å². The summed E-state index contributed by atoms with van der Waals surface area (Å²) >= 11 is 4.82. The van der Waals surface area contributed by atoms with E-state index >= 15 is 0 Å². The third-order valence-electron chi connectivity index (χ3n) is 5.05. The van der Waals surface area contributed by atoms with Crippen molar-refractivity contribution in [2.24, 2.45) is 28.7 Å². The summed E-state index contributed by atoms with van der Waals surface area (Å²) in [6.45, 7) is 2.39. The van der Waals surface area contributed by atoms with Crippen molar-refractivity contribution in [1.82, 2.24) is 0 Å². The highest BCUT2D eigenvalue weighted by Crippen LogP contribution is 2.59. The predicted octanol–water partition coefficient (Wildman–Crippen LogP) is 3.30. The first-order valence-electron chi connectivity index (χ1n) is 5.82. The molecular formula is C12H17NS. The molecule has 0 N–H and O–H groups in total. The van der Waals surface area contributed by atoms with Gasteiger partial charge in [0.25, 0.3) is 0 Å². The number of hydrogen-bond donors (Lipinski definition) is 0. The summed E-state index contributed by atoms with van der Waals surface area (Å²) in [5.41, 5.74) is 0.219. The molecule has 0 aromatic carbocycles. The maximum Gasteiger partial charge on any atom is 0.0744 e. The van der Waals surface area contributed by atoms with Crippen LogP contribution in [0, 0.1) is 23.7 Å². The average molecular weight is 207 g/mol.